The van der Waals surface area contributed by atoms with Crippen molar-refractivity contribution in [2.45, 2.75) is 13.5 Å². The molecule has 0 saturated carbocycles. The Hall–Kier alpha value is -2.69. The lowest BCUT2D eigenvalue weighted by Gasteiger charge is -2.12. The van der Waals surface area contributed by atoms with E-state index in [-0.39, 0.29) is 5.82 Å². The first-order chi connectivity index (χ1) is 10.2. The van der Waals surface area contributed by atoms with Gasteiger partial charge in [-0.25, -0.2) is 14.4 Å². The second-order valence-electron chi connectivity index (χ2n) is 4.70. The molecular weight excluding hydrogens is 267 g/mol. The molecule has 5 heteroatoms. The molecule has 106 valence electrons. The van der Waals surface area contributed by atoms with E-state index < -0.39 is 0 Å². The summed E-state index contributed by atoms with van der Waals surface area (Å²) in [6.07, 6.45) is 5.37. The van der Waals surface area contributed by atoms with Gasteiger partial charge in [0.2, 0.25) is 0 Å². The number of halogens is 1. The molecule has 1 N–H and O–H groups in total. The van der Waals surface area contributed by atoms with Gasteiger partial charge < -0.3 is 5.32 Å². The topological polar surface area (TPSA) is 42.7 Å². The van der Waals surface area contributed by atoms with Crippen molar-refractivity contribution in [1.29, 1.82) is 0 Å². The van der Waals surface area contributed by atoms with Crippen LogP contribution in [0.2, 0.25) is 0 Å². The first-order valence-corrected chi connectivity index (χ1v) is 6.68. The highest BCUT2D eigenvalue weighted by Crippen LogP contribution is 2.19. The van der Waals surface area contributed by atoms with Crippen molar-refractivity contribution in [1.82, 2.24) is 14.5 Å². The quantitative estimate of drug-likeness (QED) is 0.798. The first-order valence-electron chi connectivity index (χ1n) is 6.68. The van der Waals surface area contributed by atoms with Crippen molar-refractivity contribution in [2.24, 2.45) is 0 Å². The third kappa shape index (κ3) is 2.91. The molecule has 0 aliphatic carbocycles. The van der Waals surface area contributed by atoms with E-state index in [4.69, 9.17) is 0 Å². The number of hydrogen-bond donors (Lipinski definition) is 1. The van der Waals surface area contributed by atoms with Gasteiger partial charge in [0, 0.05) is 25.1 Å². The lowest BCUT2D eigenvalue weighted by Crippen LogP contribution is -2.06. The molecule has 3 aromatic rings. The van der Waals surface area contributed by atoms with E-state index in [2.05, 4.69) is 15.3 Å². The third-order valence-electron chi connectivity index (χ3n) is 3.24. The standard InChI is InChI=1S/C16H15FN4/c1-12-18-9-10-21(12)16-15(3-2-8-19-16)20-11-13-4-6-14(17)7-5-13/h2-10,20H,11H2,1H3. The van der Waals surface area contributed by atoms with Crippen LogP contribution in [0.1, 0.15) is 11.4 Å². The molecule has 0 aliphatic heterocycles. The molecule has 3 rings (SSSR count). The van der Waals surface area contributed by atoms with Gasteiger partial charge in [-0.15, -0.1) is 0 Å². The first kappa shape index (κ1) is 13.3. The predicted molar refractivity (Wildman–Crippen MR) is 79.8 cm³/mol. The third-order valence-corrected chi connectivity index (χ3v) is 3.24. The molecule has 0 fully saturated rings. The number of anilines is 1. The van der Waals surface area contributed by atoms with Crippen molar-refractivity contribution in [3.8, 4) is 5.82 Å². The second-order valence-corrected chi connectivity index (χ2v) is 4.70. The minimum atomic E-state index is -0.227. The summed E-state index contributed by atoms with van der Waals surface area (Å²) in [5.74, 6) is 1.45. The molecule has 0 spiro atoms. The Balaban J connectivity index is 1.83. The number of benzene rings is 1. The summed E-state index contributed by atoms with van der Waals surface area (Å²) < 4.78 is 14.8. The van der Waals surface area contributed by atoms with E-state index >= 15 is 0 Å². The highest BCUT2D eigenvalue weighted by Gasteiger charge is 2.07. The summed E-state index contributed by atoms with van der Waals surface area (Å²) in [5, 5.41) is 3.33. The number of aromatic nitrogens is 3. The fourth-order valence-electron chi connectivity index (χ4n) is 2.13. The van der Waals surface area contributed by atoms with Crippen LogP contribution < -0.4 is 5.32 Å². The van der Waals surface area contributed by atoms with Crippen LogP contribution in [0.5, 0.6) is 0 Å². The van der Waals surface area contributed by atoms with Crippen LogP contribution in [0.15, 0.2) is 55.0 Å². The summed E-state index contributed by atoms with van der Waals surface area (Å²) in [5.41, 5.74) is 1.91. The number of pyridine rings is 1. The lowest BCUT2D eigenvalue weighted by atomic mass is 10.2. The molecule has 1 aromatic carbocycles. The summed E-state index contributed by atoms with van der Waals surface area (Å²) >= 11 is 0. The van der Waals surface area contributed by atoms with Crippen LogP contribution in [0.25, 0.3) is 5.82 Å². The van der Waals surface area contributed by atoms with Gasteiger partial charge in [0.25, 0.3) is 0 Å². The highest BCUT2D eigenvalue weighted by molar-refractivity contribution is 5.57. The van der Waals surface area contributed by atoms with Crippen LogP contribution in [-0.2, 0) is 6.54 Å². The Labute approximate surface area is 122 Å². The maximum Gasteiger partial charge on any atom is 0.161 e. The fraction of sp³-hybridized carbons (Fsp3) is 0.125. The van der Waals surface area contributed by atoms with Crippen LogP contribution in [-0.4, -0.2) is 14.5 Å². The Morgan fingerprint density at radius 3 is 2.62 bits per heavy atom. The number of aryl methyl sites for hydroxylation is 1. The van der Waals surface area contributed by atoms with Crippen molar-refractivity contribution in [2.75, 3.05) is 5.32 Å². The number of hydrogen-bond acceptors (Lipinski definition) is 3. The van der Waals surface area contributed by atoms with Gasteiger partial charge >= 0.3 is 0 Å². The van der Waals surface area contributed by atoms with E-state index in [1.165, 1.54) is 12.1 Å². The molecule has 21 heavy (non-hydrogen) atoms. The van der Waals surface area contributed by atoms with Gasteiger partial charge in [-0.1, -0.05) is 12.1 Å². The lowest BCUT2D eigenvalue weighted by molar-refractivity contribution is 0.627. The van der Waals surface area contributed by atoms with Crippen LogP contribution in [0.3, 0.4) is 0 Å². The summed E-state index contributed by atoms with van der Waals surface area (Å²) in [6, 6.07) is 10.3. The minimum Gasteiger partial charge on any atom is -0.378 e. The smallest absolute Gasteiger partial charge is 0.161 e. The summed E-state index contributed by atoms with van der Waals surface area (Å²) in [7, 11) is 0. The predicted octanol–water partition coefficient (Wildman–Crippen LogP) is 3.33. The average molecular weight is 282 g/mol. The summed E-state index contributed by atoms with van der Waals surface area (Å²) in [6.45, 7) is 2.53. The van der Waals surface area contributed by atoms with E-state index in [9.17, 15) is 4.39 Å². The number of imidazole rings is 1. The molecule has 0 radical (unpaired) electrons. The zero-order valence-corrected chi connectivity index (χ0v) is 11.6. The molecule has 0 aliphatic rings. The molecular formula is C16H15FN4. The fourth-order valence-corrected chi connectivity index (χ4v) is 2.13. The second kappa shape index (κ2) is 5.75. The SMILES string of the molecule is Cc1nccn1-c1ncccc1NCc1ccc(F)cc1. The maximum atomic E-state index is 12.9. The molecule has 0 saturated heterocycles. The van der Waals surface area contributed by atoms with E-state index in [0.717, 1.165) is 22.9 Å². The molecule has 0 atom stereocenters. The van der Waals surface area contributed by atoms with Crippen molar-refractivity contribution < 1.29 is 4.39 Å². The normalized spacial score (nSPS) is 10.6. The zero-order valence-electron chi connectivity index (χ0n) is 11.6. The molecule has 0 bridgehead atoms. The molecule has 0 unspecified atom stereocenters. The highest BCUT2D eigenvalue weighted by atomic mass is 19.1. The molecule has 2 aromatic heterocycles. The van der Waals surface area contributed by atoms with Gasteiger partial charge in [-0.05, 0) is 36.8 Å². The van der Waals surface area contributed by atoms with E-state index in [0.29, 0.717) is 6.54 Å². The van der Waals surface area contributed by atoms with Gasteiger partial charge in [-0.3, -0.25) is 4.57 Å². The van der Waals surface area contributed by atoms with Crippen molar-refractivity contribution in [3.05, 3.63) is 72.2 Å². The summed E-state index contributed by atoms with van der Waals surface area (Å²) in [4.78, 5) is 8.62. The van der Waals surface area contributed by atoms with Crippen LogP contribution >= 0.6 is 0 Å². The minimum absolute atomic E-state index is 0.227. The number of nitrogens with zero attached hydrogens (tertiary/aromatic N) is 3. The molecule has 4 nitrogen and oxygen atoms in total. The average Bonchev–Trinajstić information content (AvgIpc) is 2.93. The van der Waals surface area contributed by atoms with Crippen molar-refractivity contribution in [3.63, 3.8) is 0 Å². The number of nitrogens with one attached hydrogen (secondary N) is 1. The van der Waals surface area contributed by atoms with Gasteiger partial charge in [0.15, 0.2) is 5.82 Å². The maximum absolute atomic E-state index is 12.9. The largest absolute Gasteiger partial charge is 0.378 e. The Morgan fingerprint density at radius 1 is 1.10 bits per heavy atom. The Kier molecular flexibility index (Phi) is 3.64. The van der Waals surface area contributed by atoms with Crippen LogP contribution in [0, 0.1) is 12.7 Å². The zero-order chi connectivity index (χ0) is 14.7. The Bertz CT molecular complexity index is 734. The monoisotopic (exact) mass is 282 g/mol. The van der Waals surface area contributed by atoms with Gasteiger partial charge in [-0.2, -0.15) is 0 Å². The van der Waals surface area contributed by atoms with Gasteiger partial charge in [0.1, 0.15) is 11.6 Å². The van der Waals surface area contributed by atoms with Crippen LogP contribution in [0.4, 0.5) is 10.1 Å². The Morgan fingerprint density at radius 2 is 1.90 bits per heavy atom. The van der Waals surface area contributed by atoms with E-state index in [1.54, 1.807) is 24.5 Å². The number of rotatable bonds is 4. The van der Waals surface area contributed by atoms with E-state index in [1.807, 2.05) is 29.8 Å². The van der Waals surface area contributed by atoms with Gasteiger partial charge in [0.05, 0.1) is 5.69 Å². The molecule has 2 heterocycles. The van der Waals surface area contributed by atoms with Crippen molar-refractivity contribution >= 4 is 5.69 Å². The molecule has 0 amide bonds.